The first-order valence-electron chi connectivity index (χ1n) is 6.57. The van der Waals surface area contributed by atoms with Gasteiger partial charge in [-0.25, -0.2) is 0 Å². The number of rotatable bonds is 5. The summed E-state index contributed by atoms with van der Waals surface area (Å²) in [6.07, 6.45) is 0. The summed E-state index contributed by atoms with van der Waals surface area (Å²) in [5.41, 5.74) is 8.14. The number of likely N-dealkylation sites (N-methyl/N-ethyl adjacent to an activating group) is 1. The number of aliphatic hydroxyl groups excluding tert-OH is 1. The van der Waals surface area contributed by atoms with E-state index in [1.807, 2.05) is 19.2 Å². The fourth-order valence-corrected chi connectivity index (χ4v) is 2.24. The van der Waals surface area contributed by atoms with Gasteiger partial charge in [-0.1, -0.05) is 26.8 Å². The maximum absolute atomic E-state index is 9.24. The van der Waals surface area contributed by atoms with E-state index in [-0.39, 0.29) is 24.1 Å². The third kappa shape index (κ3) is 3.69. The molecule has 0 amide bonds. The van der Waals surface area contributed by atoms with Crippen molar-refractivity contribution in [2.24, 2.45) is 5.73 Å². The smallest absolute Gasteiger partial charge is 0.122 e. The fourth-order valence-electron chi connectivity index (χ4n) is 2.24. The molecule has 0 aromatic heterocycles. The lowest BCUT2D eigenvalue weighted by Crippen LogP contribution is -2.39. The SMILES string of the molecule is CNC(c1ccc(OC)c(C(C)(C)C)c1)C(N)CO. The van der Waals surface area contributed by atoms with Crippen LogP contribution >= 0.6 is 0 Å². The Hall–Kier alpha value is -1.10. The van der Waals surface area contributed by atoms with Gasteiger partial charge < -0.3 is 20.9 Å². The van der Waals surface area contributed by atoms with E-state index in [9.17, 15) is 5.11 Å². The minimum atomic E-state index is -0.328. The second kappa shape index (κ2) is 6.37. The highest BCUT2D eigenvalue weighted by atomic mass is 16.5. The van der Waals surface area contributed by atoms with Crippen molar-refractivity contribution >= 4 is 0 Å². The van der Waals surface area contributed by atoms with Crippen molar-refractivity contribution in [3.8, 4) is 5.75 Å². The number of benzene rings is 1. The van der Waals surface area contributed by atoms with Crippen molar-refractivity contribution in [2.75, 3.05) is 20.8 Å². The van der Waals surface area contributed by atoms with E-state index in [0.29, 0.717) is 0 Å². The van der Waals surface area contributed by atoms with Gasteiger partial charge in [0.05, 0.1) is 13.7 Å². The van der Waals surface area contributed by atoms with Gasteiger partial charge in [-0.15, -0.1) is 0 Å². The molecule has 0 heterocycles. The molecule has 4 N–H and O–H groups in total. The number of nitrogens with one attached hydrogen (secondary N) is 1. The van der Waals surface area contributed by atoms with E-state index in [1.54, 1.807) is 7.11 Å². The van der Waals surface area contributed by atoms with Gasteiger partial charge >= 0.3 is 0 Å². The number of hydrogen-bond acceptors (Lipinski definition) is 4. The van der Waals surface area contributed by atoms with Crippen LogP contribution in [0, 0.1) is 0 Å². The molecule has 0 aliphatic carbocycles. The van der Waals surface area contributed by atoms with E-state index in [0.717, 1.165) is 16.9 Å². The molecule has 0 aliphatic heterocycles. The van der Waals surface area contributed by atoms with Crippen LogP contribution in [-0.4, -0.2) is 31.9 Å². The standard InChI is InChI=1S/C15H26N2O2/c1-15(2,3)11-8-10(6-7-13(11)19-5)14(17-4)12(16)9-18/h6-8,12,14,17-18H,9,16H2,1-5H3. The van der Waals surface area contributed by atoms with Gasteiger partial charge in [0.15, 0.2) is 0 Å². The van der Waals surface area contributed by atoms with Crippen LogP contribution in [0.5, 0.6) is 5.75 Å². The van der Waals surface area contributed by atoms with Crippen molar-refractivity contribution < 1.29 is 9.84 Å². The molecule has 0 aliphatic rings. The van der Waals surface area contributed by atoms with Crippen LogP contribution in [0.1, 0.15) is 37.9 Å². The number of methoxy groups -OCH3 is 1. The zero-order valence-corrected chi connectivity index (χ0v) is 12.5. The Balaban J connectivity index is 3.24. The van der Waals surface area contributed by atoms with Crippen LogP contribution < -0.4 is 15.8 Å². The third-order valence-corrected chi connectivity index (χ3v) is 3.34. The monoisotopic (exact) mass is 266 g/mol. The van der Waals surface area contributed by atoms with Crippen molar-refractivity contribution in [2.45, 2.75) is 38.3 Å². The molecule has 4 nitrogen and oxygen atoms in total. The number of ether oxygens (including phenoxy) is 1. The van der Waals surface area contributed by atoms with Gasteiger partial charge in [-0.2, -0.15) is 0 Å². The van der Waals surface area contributed by atoms with Crippen molar-refractivity contribution in [3.63, 3.8) is 0 Å². The highest BCUT2D eigenvalue weighted by Gasteiger charge is 2.23. The molecule has 108 valence electrons. The molecule has 1 aromatic carbocycles. The molecule has 2 atom stereocenters. The summed E-state index contributed by atoms with van der Waals surface area (Å²) in [7, 11) is 3.53. The van der Waals surface area contributed by atoms with Crippen LogP contribution in [0.4, 0.5) is 0 Å². The Morgan fingerprint density at radius 2 is 2.00 bits per heavy atom. The van der Waals surface area contributed by atoms with Crippen molar-refractivity contribution in [1.29, 1.82) is 0 Å². The van der Waals surface area contributed by atoms with Crippen LogP contribution in [-0.2, 0) is 5.41 Å². The molecule has 0 bridgehead atoms. The molecule has 19 heavy (non-hydrogen) atoms. The largest absolute Gasteiger partial charge is 0.496 e. The summed E-state index contributed by atoms with van der Waals surface area (Å²) in [6, 6.07) is 5.66. The molecular weight excluding hydrogens is 240 g/mol. The quantitative estimate of drug-likeness (QED) is 0.757. The molecule has 0 spiro atoms. The second-order valence-corrected chi connectivity index (χ2v) is 5.82. The van der Waals surface area contributed by atoms with E-state index in [2.05, 4.69) is 32.2 Å². The number of hydrogen-bond donors (Lipinski definition) is 3. The molecular formula is C15H26N2O2. The lowest BCUT2D eigenvalue weighted by atomic mass is 9.84. The predicted octanol–water partition coefficient (Wildman–Crippen LogP) is 1.57. The Kier molecular flexibility index (Phi) is 5.35. The first-order chi connectivity index (χ1) is 8.85. The van der Waals surface area contributed by atoms with Crippen molar-refractivity contribution in [3.05, 3.63) is 29.3 Å². The van der Waals surface area contributed by atoms with Gasteiger partial charge in [0.25, 0.3) is 0 Å². The minimum Gasteiger partial charge on any atom is -0.496 e. The minimum absolute atomic E-state index is 0.0110. The highest BCUT2D eigenvalue weighted by Crippen LogP contribution is 2.33. The number of nitrogens with two attached hydrogens (primary N) is 1. The summed E-state index contributed by atoms with van der Waals surface area (Å²) in [5, 5.41) is 12.4. The normalized spacial score (nSPS) is 15.1. The third-order valence-electron chi connectivity index (χ3n) is 3.34. The maximum atomic E-state index is 9.24. The van der Waals surface area contributed by atoms with Gasteiger partial charge in [-0.3, -0.25) is 0 Å². The lowest BCUT2D eigenvalue weighted by molar-refractivity contribution is 0.240. The average Bonchev–Trinajstić information content (AvgIpc) is 2.38. The Labute approximate surface area is 116 Å². The van der Waals surface area contributed by atoms with Gasteiger partial charge in [0.1, 0.15) is 5.75 Å². The molecule has 0 radical (unpaired) electrons. The molecule has 4 heteroatoms. The van der Waals surface area contributed by atoms with E-state index < -0.39 is 0 Å². The van der Waals surface area contributed by atoms with Crippen LogP contribution in [0.3, 0.4) is 0 Å². The first kappa shape index (κ1) is 16.0. The predicted molar refractivity (Wildman–Crippen MR) is 78.6 cm³/mol. The fraction of sp³-hybridized carbons (Fsp3) is 0.600. The molecule has 0 saturated carbocycles. The second-order valence-electron chi connectivity index (χ2n) is 5.82. The zero-order valence-electron chi connectivity index (χ0n) is 12.5. The summed E-state index contributed by atoms with van der Waals surface area (Å²) in [4.78, 5) is 0. The summed E-state index contributed by atoms with van der Waals surface area (Å²) in [6.45, 7) is 6.39. The van der Waals surface area contributed by atoms with E-state index in [4.69, 9.17) is 10.5 Å². The van der Waals surface area contributed by atoms with Gasteiger partial charge in [0.2, 0.25) is 0 Å². The molecule has 1 aromatic rings. The summed E-state index contributed by atoms with van der Waals surface area (Å²) < 4.78 is 5.43. The Morgan fingerprint density at radius 1 is 1.37 bits per heavy atom. The van der Waals surface area contributed by atoms with Crippen molar-refractivity contribution in [1.82, 2.24) is 5.32 Å². The molecule has 0 fully saturated rings. The summed E-state index contributed by atoms with van der Waals surface area (Å²) >= 11 is 0. The molecule has 1 rings (SSSR count). The van der Waals surface area contributed by atoms with E-state index >= 15 is 0 Å². The Bertz CT molecular complexity index is 413. The summed E-state index contributed by atoms with van der Waals surface area (Å²) in [5.74, 6) is 0.878. The average molecular weight is 266 g/mol. The maximum Gasteiger partial charge on any atom is 0.122 e. The zero-order chi connectivity index (χ0) is 14.6. The topological polar surface area (TPSA) is 67.5 Å². The molecule has 0 saturated heterocycles. The lowest BCUT2D eigenvalue weighted by Gasteiger charge is -2.27. The number of aliphatic hydroxyl groups is 1. The van der Waals surface area contributed by atoms with Crippen LogP contribution in [0.25, 0.3) is 0 Å². The van der Waals surface area contributed by atoms with Crippen LogP contribution in [0.15, 0.2) is 18.2 Å². The Morgan fingerprint density at radius 3 is 2.42 bits per heavy atom. The van der Waals surface area contributed by atoms with E-state index in [1.165, 1.54) is 0 Å². The van der Waals surface area contributed by atoms with Gasteiger partial charge in [-0.05, 0) is 35.7 Å². The first-order valence-corrected chi connectivity index (χ1v) is 6.57. The molecule has 2 unspecified atom stereocenters. The highest BCUT2D eigenvalue weighted by molar-refractivity contribution is 5.42. The van der Waals surface area contributed by atoms with Gasteiger partial charge in [0, 0.05) is 12.1 Å². The van der Waals surface area contributed by atoms with Crippen LogP contribution in [0.2, 0.25) is 0 Å².